The summed E-state index contributed by atoms with van der Waals surface area (Å²) in [5, 5.41) is 2.88. The van der Waals surface area contributed by atoms with Gasteiger partial charge in [0.25, 0.3) is 5.56 Å². The van der Waals surface area contributed by atoms with Gasteiger partial charge in [0.15, 0.2) is 5.65 Å². The molecule has 0 bridgehead atoms. The third kappa shape index (κ3) is 2.57. The number of H-pyrrole nitrogens is 1. The van der Waals surface area contributed by atoms with Crippen molar-refractivity contribution in [1.29, 1.82) is 0 Å². The van der Waals surface area contributed by atoms with E-state index >= 15 is 0 Å². The van der Waals surface area contributed by atoms with E-state index in [9.17, 15) is 4.79 Å². The van der Waals surface area contributed by atoms with Gasteiger partial charge in [0.1, 0.15) is 0 Å². The minimum absolute atomic E-state index is 0.0305. The summed E-state index contributed by atoms with van der Waals surface area (Å²) in [6, 6.07) is 3.51. The first kappa shape index (κ1) is 13.7. The van der Waals surface area contributed by atoms with Gasteiger partial charge in [-0.1, -0.05) is 0 Å². The summed E-state index contributed by atoms with van der Waals surface area (Å²) in [5.41, 5.74) is 3.49. The number of fused-ring (bicyclic) bond motifs is 1. The SMILES string of the molecule is O=c1cc(C2CCN(Cc3cncs3)CC2)nc2cc[nH]n12. The predicted octanol–water partition coefficient (Wildman–Crippen LogP) is 1.86. The quantitative estimate of drug-likeness (QED) is 0.801. The largest absolute Gasteiger partial charge is 0.298 e. The van der Waals surface area contributed by atoms with E-state index in [-0.39, 0.29) is 5.56 Å². The second kappa shape index (κ2) is 5.66. The van der Waals surface area contributed by atoms with Crippen molar-refractivity contribution >= 4 is 17.0 Å². The Morgan fingerprint density at radius 2 is 2.23 bits per heavy atom. The van der Waals surface area contributed by atoms with E-state index in [1.807, 2.05) is 17.8 Å². The van der Waals surface area contributed by atoms with Gasteiger partial charge < -0.3 is 0 Å². The molecule has 3 aromatic rings. The van der Waals surface area contributed by atoms with Crippen molar-refractivity contribution in [3.63, 3.8) is 0 Å². The number of hydrogen-bond acceptors (Lipinski definition) is 5. The number of nitrogens with zero attached hydrogens (tertiary/aromatic N) is 4. The van der Waals surface area contributed by atoms with Gasteiger partial charge in [-0.2, -0.15) is 0 Å². The molecule has 4 rings (SSSR count). The van der Waals surface area contributed by atoms with Crippen LogP contribution in [0.4, 0.5) is 0 Å². The molecule has 6 nitrogen and oxygen atoms in total. The fraction of sp³-hybridized carbons (Fsp3) is 0.400. The molecule has 0 aromatic carbocycles. The minimum Gasteiger partial charge on any atom is -0.298 e. The summed E-state index contributed by atoms with van der Waals surface area (Å²) in [6.07, 6.45) is 5.78. The number of hydrogen-bond donors (Lipinski definition) is 1. The molecule has 1 saturated heterocycles. The molecule has 0 radical (unpaired) electrons. The first-order valence-corrected chi connectivity index (χ1v) is 8.34. The van der Waals surface area contributed by atoms with E-state index in [4.69, 9.17) is 0 Å². The van der Waals surface area contributed by atoms with Crippen LogP contribution in [0, 0.1) is 0 Å². The predicted molar refractivity (Wildman–Crippen MR) is 85.2 cm³/mol. The lowest BCUT2D eigenvalue weighted by molar-refractivity contribution is 0.205. The van der Waals surface area contributed by atoms with Crippen molar-refractivity contribution in [3.05, 3.63) is 51.0 Å². The molecule has 1 aliphatic heterocycles. The Labute approximate surface area is 131 Å². The van der Waals surface area contributed by atoms with E-state index in [1.165, 1.54) is 9.39 Å². The zero-order valence-corrected chi connectivity index (χ0v) is 12.9. The molecule has 1 fully saturated rings. The summed E-state index contributed by atoms with van der Waals surface area (Å²) in [4.78, 5) is 24.6. The molecule has 1 aliphatic rings. The van der Waals surface area contributed by atoms with Crippen LogP contribution in [0.25, 0.3) is 5.65 Å². The van der Waals surface area contributed by atoms with Gasteiger partial charge in [0, 0.05) is 41.9 Å². The fourth-order valence-corrected chi connectivity index (χ4v) is 3.72. The molecule has 0 amide bonds. The molecular formula is C15H17N5OS. The molecule has 1 N–H and O–H groups in total. The number of likely N-dealkylation sites (tertiary alicyclic amines) is 1. The first-order chi connectivity index (χ1) is 10.8. The van der Waals surface area contributed by atoms with Crippen molar-refractivity contribution in [2.45, 2.75) is 25.3 Å². The normalized spacial score (nSPS) is 17.3. The summed E-state index contributed by atoms with van der Waals surface area (Å²) in [5.74, 6) is 0.380. The van der Waals surface area contributed by atoms with Crippen molar-refractivity contribution in [2.24, 2.45) is 0 Å². The van der Waals surface area contributed by atoms with Crippen molar-refractivity contribution in [2.75, 3.05) is 13.1 Å². The molecule has 4 heterocycles. The van der Waals surface area contributed by atoms with Gasteiger partial charge in [0.2, 0.25) is 0 Å². The lowest BCUT2D eigenvalue weighted by atomic mass is 9.93. The molecule has 0 atom stereocenters. The highest BCUT2D eigenvalue weighted by Crippen LogP contribution is 2.27. The molecule has 22 heavy (non-hydrogen) atoms. The van der Waals surface area contributed by atoms with E-state index in [0.29, 0.717) is 11.6 Å². The van der Waals surface area contributed by atoms with Crippen LogP contribution in [-0.2, 0) is 6.54 Å². The lowest BCUT2D eigenvalue weighted by Gasteiger charge is -2.31. The van der Waals surface area contributed by atoms with Gasteiger partial charge in [0.05, 0.1) is 11.2 Å². The van der Waals surface area contributed by atoms with Crippen LogP contribution in [0.15, 0.2) is 34.8 Å². The van der Waals surface area contributed by atoms with Crippen LogP contribution in [0.2, 0.25) is 0 Å². The Hall–Kier alpha value is -1.99. The Balaban J connectivity index is 1.47. The van der Waals surface area contributed by atoms with Crippen LogP contribution >= 0.6 is 11.3 Å². The third-order valence-corrected chi connectivity index (χ3v) is 5.03. The molecular weight excluding hydrogens is 298 g/mol. The third-order valence-electron chi connectivity index (χ3n) is 4.27. The van der Waals surface area contributed by atoms with Crippen LogP contribution in [0.3, 0.4) is 0 Å². The highest BCUT2D eigenvalue weighted by Gasteiger charge is 2.22. The average Bonchev–Trinajstić information content (AvgIpc) is 3.19. The van der Waals surface area contributed by atoms with Gasteiger partial charge in [-0.3, -0.25) is 19.8 Å². The molecule has 0 spiro atoms. The summed E-state index contributed by atoms with van der Waals surface area (Å²) >= 11 is 1.71. The number of rotatable bonds is 3. The maximum absolute atomic E-state index is 12.1. The van der Waals surface area contributed by atoms with Crippen molar-refractivity contribution in [1.82, 2.24) is 24.5 Å². The molecule has 0 saturated carbocycles. The Kier molecular flexibility index (Phi) is 3.51. The number of thiazole rings is 1. The first-order valence-electron chi connectivity index (χ1n) is 7.46. The standard InChI is InChI=1S/C15H17N5OS/c21-15-7-13(18-14-1-4-17-20(14)15)11-2-5-19(6-3-11)9-12-8-16-10-22-12/h1,4,7-8,10-11,17H,2-3,5-6,9H2. The summed E-state index contributed by atoms with van der Waals surface area (Å²) in [7, 11) is 0. The highest BCUT2D eigenvalue weighted by molar-refractivity contribution is 7.09. The van der Waals surface area contributed by atoms with Crippen LogP contribution in [0.5, 0.6) is 0 Å². The molecule has 7 heteroatoms. The van der Waals surface area contributed by atoms with E-state index < -0.39 is 0 Å². The van der Waals surface area contributed by atoms with Crippen molar-refractivity contribution < 1.29 is 0 Å². The summed E-state index contributed by atoms with van der Waals surface area (Å²) in [6.45, 7) is 3.05. The second-order valence-corrected chi connectivity index (χ2v) is 6.66. The maximum atomic E-state index is 12.1. The number of nitrogens with one attached hydrogen (secondary N) is 1. The van der Waals surface area contributed by atoms with Gasteiger partial charge in [-0.15, -0.1) is 11.3 Å². The zero-order chi connectivity index (χ0) is 14.9. The molecule has 114 valence electrons. The van der Waals surface area contributed by atoms with Gasteiger partial charge in [-0.25, -0.2) is 9.50 Å². The average molecular weight is 315 g/mol. The molecule has 0 aliphatic carbocycles. The number of piperidine rings is 1. The summed E-state index contributed by atoms with van der Waals surface area (Å²) < 4.78 is 1.47. The lowest BCUT2D eigenvalue weighted by Crippen LogP contribution is -2.33. The smallest absolute Gasteiger partial charge is 0.272 e. The molecule has 0 unspecified atom stereocenters. The Morgan fingerprint density at radius 1 is 1.36 bits per heavy atom. The Morgan fingerprint density at radius 3 is 3.00 bits per heavy atom. The zero-order valence-electron chi connectivity index (χ0n) is 12.1. The second-order valence-electron chi connectivity index (χ2n) is 5.69. The van der Waals surface area contributed by atoms with Crippen molar-refractivity contribution in [3.8, 4) is 0 Å². The van der Waals surface area contributed by atoms with E-state index in [2.05, 4.69) is 20.0 Å². The number of aromatic nitrogens is 4. The van der Waals surface area contributed by atoms with Crippen LogP contribution < -0.4 is 5.56 Å². The van der Waals surface area contributed by atoms with Crippen LogP contribution in [-0.4, -0.2) is 37.6 Å². The monoisotopic (exact) mass is 315 g/mol. The molecule has 3 aromatic heterocycles. The Bertz CT molecular complexity index is 814. The van der Waals surface area contributed by atoms with Crippen LogP contribution in [0.1, 0.15) is 29.3 Å². The topological polar surface area (TPSA) is 66.3 Å². The van der Waals surface area contributed by atoms with E-state index in [0.717, 1.165) is 38.2 Å². The fourth-order valence-electron chi connectivity index (χ4n) is 3.08. The van der Waals surface area contributed by atoms with Gasteiger partial charge in [-0.05, 0) is 25.9 Å². The number of aromatic amines is 1. The maximum Gasteiger partial charge on any atom is 0.272 e. The highest BCUT2D eigenvalue weighted by atomic mass is 32.1. The van der Waals surface area contributed by atoms with E-state index in [1.54, 1.807) is 23.6 Å². The van der Waals surface area contributed by atoms with Gasteiger partial charge >= 0.3 is 0 Å². The minimum atomic E-state index is -0.0305.